The summed E-state index contributed by atoms with van der Waals surface area (Å²) in [5, 5.41) is 2.99. The van der Waals surface area contributed by atoms with Gasteiger partial charge in [-0.1, -0.05) is 17.7 Å². The number of piperidine rings is 1. The Kier molecular flexibility index (Phi) is 6.86. The average Bonchev–Trinajstić information content (AvgIpc) is 2.75. The van der Waals surface area contributed by atoms with E-state index >= 15 is 0 Å². The van der Waals surface area contributed by atoms with Gasteiger partial charge in [0.2, 0.25) is 5.91 Å². The molecule has 2 aliphatic heterocycles. The third kappa shape index (κ3) is 4.67. The summed E-state index contributed by atoms with van der Waals surface area (Å²) in [6.45, 7) is 0.974. The minimum absolute atomic E-state index is 0. The highest BCUT2D eigenvalue weighted by Gasteiger charge is 2.44. The van der Waals surface area contributed by atoms with Crippen LogP contribution in [-0.4, -0.2) is 53.2 Å². The van der Waals surface area contributed by atoms with Crippen LogP contribution >= 0.6 is 24.0 Å². The standard InChI is InChI=1S/C22H22ClN3O4.ClH/c1-24-21(29)14-5-8-25-15(11-14)12-19(28)26-9-6-22(7-10-26)13-18(27)16-3-2-4-17(23)20(16)30-22;/h2-5,8,11H,6-7,9-10,12-13H2,1H3,(H,24,29);1H. The molecular formula is C22H23Cl2N3O4. The minimum Gasteiger partial charge on any atom is -0.484 e. The van der Waals surface area contributed by atoms with Crippen molar-refractivity contribution in [2.24, 2.45) is 0 Å². The zero-order valence-electron chi connectivity index (χ0n) is 17.0. The second-order valence-corrected chi connectivity index (χ2v) is 8.08. The summed E-state index contributed by atoms with van der Waals surface area (Å²) in [5.74, 6) is 0.190. The van der Waals surface area contributed by atoms with Gasteiger partial charge in [0.15, 0.2) is 5.78 Å². The molecule has 0 aliphatic carbocycles. The third-order valence-corrected chi connectivity index (χ3v) is 6.03. The Hall–Kier alpha value is -2.64. The number of benzene rings is 1. The molecule has 2 aromatic rings. The summed E-state index contributed by atoms with van der Waals surface area (Å²) in [6, 6.07) is 8.43. The molecule has 0 atom stereocenters. The lowest BCUT2D eigenvalue weighted by molar-refractivity contribution is -0.134. The fourth-order valence-electron chi connectivity index (χ4n) is 4.04. The number of likely N-dealkylation sites (tertiary alicyclic amines) is 1. The number of pyridine rings is 1. The lowest BCUT2D eigenvalue weighted by Crippen LogP contribution is -2.52. The number of Topliss-reactive ketones (excluding diaryl/α,β-unsaturated/α-hetero) is 1. The number of rotatable bonds is 3. The van der Waals surface area contributed by atoms with Crippen LogP contribution in [0, 0.1) is 0 Å². The fraction of sp³-hybridized carbons (Fsp3) is 0.364. The van der Waals surface area contributed by atoms with Crippen LogP contribution in [-0.2, 0) is 11.2 Å². The molecule has 7 nitrogen and oxygen atoms in total. The maximum absolute atomic E-state index is 12.8. The maximum atomic E-state index is 12.8. The summed E-state index contributed by atoms with van der Waals surface area (Å²) in [6.07, 6.45) is 3.05. The van der Waals surface area contributed by atoms with E-state index in [4.69, 9.17) is 16.3 Å². The van der Waals surface area contributed by atoms with E-state index in [2.05, 4.69) is 10.3 Å². The first-order chi connectivity index (χ1) is 14.4. The predicted octanol–water partition coefficient (Wildman–Crippen LogP) is 3.09. The van der Waals surface area contributed by atoms with Crippen molar-refractivity contribution in [3.63, 3.8) is 0 Å². The number of aromatic nitrogens is 1. The molecule has 9 heteroatoms. The number of hydrogen-bond acceptors (Lipinski definition) is 5. The summed E-state index contributed by atoms with van der Waals surface area (Å²) in [5.41, 5.74) is 0.918. The quantitative estimate of drug-likeness (QED) is 0.755. The molecule has 164 valence electrons. The van der Waals surface area contributed by atoms with Gasteiger partial charge < -0.3 is 15.0 Å². The summed E-state index contributed by atoms with van der Waals surface area (Å²) in [4.78, 5) is 43.1. The maximum Gasteiger partial charge on any atom is 0.251 e. The topological polar surface area (TPSA) is 88.6 Å². The van der Waals surface area contributed by atoms with Crippen molar-refractivity contribution in [3.8, 4) is 5.75 Å². The Morgan fingerprint density at radius 1 is 1.26 bits per heavy atom. The number of halogens is 2. The van der Waals surface area contributed by atoms with Crippen molar-refractivity contribution in [1.82, 2.24) is 15.2 Å². The first kappa shape index (κ1) is 23.0. The van der Waals surface area contributed by atoms with Crippen LogP contribution in [0.1, 0.15) is 45.7 Å². The van der Waals surface area contributed by atoms with Crippen molar-refractivity contribution >= 4 is 41.6 Å². The summed E-state index contributed by atoms with van der Waals surface area (Å²) >= 11 is 6.25. The van der Waals surface area contributed by atoms with Crippen molar-refractivity contribution in [2.45, 2.75) is 31.3 Å². The first-order valence-corrected chi connectivity index (χ1v) is 10.2. The van der Waals surface area contributed by atoms with E-state index < -0.39 is 5.60 Å². The van der Waals surface area contributed by atoms with Crippen LogP contribution in [0.4, 0.5) is 0 Å². The second kappa shape index (κ2) is 9.24. The molecule has 1 N–H and O–H groups in total. The Morgan fingerprint density at radius 3 is 2.71 bits per heavy atom. The lowest BCUT2D eigenvalue weighted by Gasteiger charge is -2.44. The minimum atomic E-state index is -0.622. The van der Waals surface area contributed by atoms with Crippen molar-refractivity contribution in [3.05, 3.63) is 58.4 Å². The molecule has 31 heavy (non-hydrogen) atoms. The zero-order valence-corrected chi connectivity index (χ0v) is 18.6. The van der Waals surface area contributed by atoms with E-state index in [-0.39, 0.29) is 42.8 Å². The molecule has 3 heterocycles. The Balaban J connectivity index is 0.00000272. The highest BCUT2D eigenvalue weighted by Crippen LogP contribution is 2.42. The van der Waals surface area contributed by atoms with Gasteiger partial charge in [0.1, 0.15) is 11.4 Å². The Bertz CT molecular complexity index is 1020. The molecule has 1 aromatic heterocycles. The number of para-hydroxylation sites is 1. The number of fused-ring (bicyclic) bond motifs is 1. The third-order valence-electron chi connectivity index (χ3n) is 5.73. The van der Waals surface area contributed by atoms with E-state index in [0.29, 0.717) is 53.5 Å². The van der Waals surface area contributed by atoms with Gasteiger partial charge in [-0.15, -0.1) is 12.4 Å². The molecule has 2 aliphatic rings. The van der Waals surface area contributed by atoms with Gasteiger partial charge in [-0.05, 0) is 24.3 Å². The molecular weight excluding hydrogens is 441 g/mol. The van der Waals surface area contributed by atoms with Crippen molar-refractivity contribution < 1.29 is 19.1 Å². The van der Waals surface area contributed by atoms with Gasteiger partial charge in [-0.3, -0.25) is 19.4 Å². The number of hydrogen-bond donors (Lipinski definition) is 1. The van der Waals surface area contributed by atoms with Gasteiger partial charge in [0.05, 0.1) is 29.1 Å². The van der Waals surface area contributed by atoms with E-state index in [0.717, 1.165) is 0 Å². The highest BCUT2D eigenvalue weighted by molar-refractivity contribution is 6.32. The number of nitrogens with zero attached hydrogens (tertiary/aromatic N) is 2. The molecule has 0 saturated carbocycles. The van der Waals surface area contributed by atoms with Gasteiger partial charge in [0.25, 0.3) is 5.91 Å². The van der Waals surface area contributed by atoms with Crippen LogP contribution in [0.15, 0.2) is 36.5 Å². The molecule has 0 bridgehead atoms. The number of carbonyl (C=O) groups is 3. The SMILES string of the molecule is CNC(=O)c1ccnc(CC(=O)N2CCC3(CC2)CC(=O)c2cccc(Cl)c2O3)c1.Cl. The number of ether oxygens (including phenoxy) is 1. The Labute approximate surface area is 191 Å². The number of nitrogens with one attached hydrogen (secondary N) is 1. The van der Waals surface area contributed by atoms with Gasteiger partial charge >= 0.3 is 0 Å². The predicted molar refractivity (Wildman–Crippen MR) is 118 cm³/mol. The van der Waals surface area contributed by atoms with Gasteiger partial charge in [0, 0.05) is 44.7 Å². The van der Waals surface area contributed by atoms with Crippen molar-refractivity contribution in [1.29, 1.82) is 0 Å². The molecule has 1 saturated heterocycles. The number of amides is 2. The molecule has 2 amide bonds. The molecule has 0 radical (unpaired) electrons. The number of ketones is 1. The normalized spacial score (nSPS) is 16.7. The number of carbonyl (C=O) groups excluding carboxylic acids is 3. The Morgan fingerprint density at radius 2 is 2.00 bits per heavy atom. The summed E-state index contributed by atoms with van der Waals surface area (Å²) < 4.78 is 6.21. The van der Waals surface area contributed by atoms with E-state index in [9.17, 15) is 14.4 Å². The average molecular weight is 464 g/mol. The molecule has 0 unspecified atom stereocenters. The monoisotopic (exact) mass is 463 g/mol. The zero-order chi connectivity index (χ0) is 21.3. The van der Waals surface area contributed by atoms with Crippen LogP contribution in [0.25, 0.3) is 0 Å². The second-order valence-electron chi connectivity index (χ2n) is 7.67. The molecule has 4 rings (SSSR count). The largest absolute Gasteiger partial charge is 0.484 e. The van der Waals surface area contributed by atoms with E-state index in [1.54, 1.807) is 42.3 Å². The van der Waals surface area contributed by atoms with Crippen LogP contribution in [0.5, 0.6) is 5.75 Å². The van der Waals surface area contributed by atoms with Crippen molar-refractivity contribution in [2.75, 3.05) is 20.1 Å². The van der Waals surface area contributed by atoms with Crippen LogP contribution in [0.3, 0.4) is 0 Å². The van der Waals surface area contributed by atoms with Crippen LogP contribution < -0.4 is 10.1 Å². The highest BCUT2D eigenvalue weighted by atomic mass is 35.5. The lowest BCUT2D eigenvalue weighted by atomic mass is 9.82. The van der Waals surface area contributed by atoms with Crippen LogP contribution in [0.2, 0.25) is 5.02 Å². The van der Waals surface area contributed by atoms with E-state index in [1.165, 1.54) is 6.20 Å². The molecule has 1 fully saturated rings. The van der Waals surface area contributed by atoms with Gasteiger partial charge in [-0.25, -0.2) is 0 Å². The molecule has 1 spiro atoms. The first-order valence-electron chi connectivity index (χ1n) is 9.86. The smallest absolute Gasteiger partial charge is 0.251 e. The van der Waals surface area contributed by atoms with Gasteiger partial charge in [-0.2, -0.15) is 0 Å². The molecule has 1 aromatic carbocycles. The summed E-state index contributed by atoms with van der Waals surface area (Å²) in [7, 11) is 1.56. The van der Waals surface area contributed by atoms with E-state index in [1.807, 2.05) is 0 Å². The fourth-order valence-corrected chi connectivity index (χ4v) is 4.26.